The lowest BCUT2D eigenvalue weighted by Gasteiger charge is -2.38. The molecular weight excluding hydrogens is 557 g/mol. The Morgan fingerprint density at radius 3 is 2.07 bits per heavy atom. The zero-order valence-corrected chi connectivity index (χ0v) is 22.2. The molecule has 2 fully saturated rings. The first-order chi connectivity index (χ1) is 19.1. The minimum atomic E-state index is -5.92. The summed E-state index contributed by atoms with van der Waals surface area (Å²) in [6.45, 7) is 1.94. The van der Waals surface area contributed by atoms with Gasteiger partial charge >= 0.3 is 18.4 Å². The molecule has 2 aromatic rings. The van der Waals surface area contributed by atoms with Crippen LogP contribution in [0, 0.1) is 11.7 Å². The summed E-state index contributed by atoms with van der Waals surface area (Å²) in [4.78, 5) is 14.1. The number of rotatable bonds is 8. The smallest absolute Gasteiger partial charge is 0.369 e. The first-order valence-corrected chi connectivity index (χ1v) is 13.4. The summed E-state index contributed by atoms with van der Waals surface area (Å²) in [6.07, 6.45) is -6.99. The molecular formula is C28H33F7N4O2. The lowest BCUT2D eigenvalue weighted by molar-refractivity contribution is -0.376. The Labute approximate surface area is 233 Å². The number of nitrogens with one attached hydrogen (secondary N) is 2. The van der Waals surface area contributed by atoms with E-state index in [9.17, 15) is 40.6 Å². The van der Waals surface area contributed by atoms with Crippen LogP contribution in [0.4, 0.5) is 41.2 Å². The van der Waals surface area contributed by atoms with Gasteiger partial charge in [0.05, 0.1) is 5.69 Å². The quantitative estimate of drug-likeness (QED) is 0.302. The molecule has 226 valence electrons. The van der Waals surface area contributed by atoms with Gasteiger partial charge in [0.15, 0.2) is 0 Å². The number of nitrogens with zero attached hydrogens (tertiary/aromatic N) is 1. The Morgan fingerprint density at radius 2 is 1.56 bits per heavy atom. The van der Waals surface area contributed by atoms with Gasteiger partial charge in [0.2, 0.25) is 0 Å². The molecule has 5 N–H and O–H groups in total. The van der Waals surface area contributed by atoms with Crippen molar-refractivity contribution in [2.75, 3.05) is 25.0 Å². The van der Waals surface area contributed by atoms with E-state index in [0.717, 1.165) is 49.8 Å². The third-order valence-corrected chi connectivity index (χ3v) is 8.06. The maximum absolute atomic E-state index is 14.6. The van der Waals surface area contributed by atoms with Gasteiger partial charge in [-0.05, 0) is 80.8 Å². The highest BCUT2D eigenvalue weighted by atomic mass is 19.4. The minimum Gasteiger partial charge on any atom is -0.369 e. The number of urea groups is 1. The maximum Gasteiger partial charge on any atom is 0.430 e. The van der Waals surface area contributed by atoms with Gasteiger partial charge in [-0.25, -0.2) is 9.18 Å². The number of halogens is 7. The standard InChI is InChI=1S/C28H33F7N4O2/c29-22-15-20(4-7-23(22)38-24(40)37-17-25(36)10-1-11-25)14-18-8-12-39(13-9-18)16-19-2-5-21(6-3-19)26(41,27(30,31)32)28(33,34)35/h2-7,15,18,41H,1,8-14,16-17,36H2,(H2,37,38,40). The number of hydrogen-bond donors (Lipinski definition) is 4. The van der Waals surface area contributed by atoms with E-state index in [1.165, 1.54) is 12.1 Å². The van der Waals surface area contributed by atoms with E-state index < -0.39 is 35.4 Å². The van der Waals surface area contributed by atoms with Crippen LogP contribution < -0.4 is 16.4 Å². The summed E-state index contributed by atoms with van der Waals surface area (Å²) in [5, 5.41) is 14.7. The number of benzene rings is 2. The molecule has 0 bridgehead atoms. The number of carbonyl (C=O) groups is 1. The molecule has 13 heteroatoms. The molecule has 0 atom stereocenters. The van der Waals surface area contributed by atoms with E-state index in [-0.39, 0.29) is 17.1 Å². The average Bonchev–Trinajstić information content (AvgIpc) is 2.88. The second-order valence-electron chi connectivity index (χ2n) is 11.2. The van der Waals surface area contributed by atoms with Gasteiger partial charge in [0.25, 0.3) is 5.60 Å². The fourth-order valence-corrected chi connectivity index (χ4v) is 5.30. The highest BCUT2D eigenvalue weighted by Crippen LogP contribution is 2.50. The summed E-state index contributed by atoms with van der Waals surface area (Å²) < 4.78 is 93.2. The first-order valence-electron chi connectivity index (χ1n) is 13.4. The van der Waals surface area contributed by atoms with E-state index in [0.29, 0.717) is 50.3 Å². The highest BCUT2D eigenvalue weighted by Gasteiger charge is 2.71. The van der Waals surface area contributed by atoms with Crippen molar-refractivity contribution in [2.24, 2.45) is 11.7 Å². The SMILES string of the molecule is NC1(CNC(=O)Nc2ccc(CC3CCN(Cc4ccc(C(O)(C(F)(F)F)C(F)(F)F)cc4)CC3)cc2F)CCC1. The molecule has 4 rings (SSSR count). The molecule has 1 saturated carbocycles. The molecule has 0 unspecified atom stereocenters. The average molecular weight is 591 g/mol. The fourth-order valence-electron chi connectivity index (χ4n) is 5.30. The number of piperidine rings is 1. The van der Waals surface area contributed by atoms with Crippen LogP contribution in [0.2, 0.25) is 0 Å². The van der Waals surface area contributed by atoms with Crippen LogP contribution in [0.15, 0.2) is 42.5 Å². The fraction of sp³-hybridized carbons (Fsp3) is 0.536. The third-order valence-electron chi connectivity index (χ3n) is 8.06. The van der Waals surface area contributed by atoms with Crippen molar-refractivity contribution in [3.63, 3.8) is 0 Å². The van der Waals surface area contributed by atoms with Gasteiger partial charge in [-0.15, -0.1) is 0 Å². The summed E-state index contributed by atoms with van der Waals surface area (Å²) in [5.74, 6) is -0.292. The molecule has 1 heterocycles. The molecule has 6 nitrogen and oxygen atoms in total. The van der Waals surface area contributed by atoms with Crippen LogP contribution in [-0.4, -0.2) is 53.6 Å². The van der Waals surface area contributed by atoms with E-state index in [1.807, 2.05) is 4.90 Å². The number of amides is 2. The monoisotopic (exact) mass is 590 g/mol. The molecule has 41 heavy (non-hydrogen) atoms. The molecule has 0 radical (unpaired) electrons. The topological polar surface area (TPSA) is 90.6 Å². The molecule has 1 saturated heterocycles. The maximum atomic E-state index is 14.6. The Balaban J connectivity index is 1.25. The molecule has 1 aliphatic heterocycles. The van der Waals surface area contributed by atoms with Crippen LogP contribution >= 0.6 is 0 Å². The van der Waals surface area contributed by atoms with Crippen molar-refractivity contribution in [1.29, 1.82) is 0 Å². The van der Waals surface area contributed by atoms with Crippen molar-refractivity contribution < 1.29 is 40.6 Å². The van der Waals surface area contributed by atoms with Crippen LogP contribution in [0.1, 0.15) is 48.8 Å². The van der Waals surface area contributed by atoms with Gasteiger partial charge in [-0.1, -0.05) is 30.3 Å². The molecule has 2 aromatic carbocycles. The molecule has 2 aliphatic rings. The largest absolute Gasteiger partial charge is 0.430 e. The van der Waals surface area contributed by atoms with E-state index in [4.69, 9.17) is 5.73 Å². The van der Waals surface area contributed by atoms with Gasteiger partial charge in [-0.3, -0.25) is 4.90 Å². The number of nitrogens with two attached hydrogens (primary N) is 1. The van der Waals surface area contributed by atoms with Crippen molar-refractivity contribution in [2.45, 2.75) is 68.6 Å². The van der Waals surface area contributed by atoms with Gasteiger partial charge < -0.3 is 21.5 Å². The first kappa shape index (κ1) is 31.0. The number of alkyl halides is 6. The lowest BCUT2D eigenvalue weighted by atomic mass is 9.78. The van der Waals surface area contributed by atoms with E-state index >= 15 is 0 Å². The van der Waals surface area contributed by atoms with E-state index in [2.05, 4.69) is 10.6 Å². The Morgan fingerprint density at radius 1 is 0.976 bits per heavy atom. The van der Waals surface area contributed by atoms with Crippen molar-refractivity contribution >= 4 is 11.7 Å². The number of likely N-dealkylation sites (tertiary alicyclic amines) is 1. The zero-order valence-electron chi connectivity index (χ0n) is 22.2. The Bertz CT molecular complexity index is 1190. The van der Waals surface area contributed by atoms with Gasteiger partial charge in [0.1, 0.15) is 5.82 Å². The van der Waals surface area contributed by atoms with Crippen LogP contribution in [-0.2, 0) is 18.6 Å². The minimum absolute atomic E-state index is 0.0654. The lowest BCUT2D eigenvalue weighted by Crippen LogP contribution is -2.55. The van der Waals surface area contributed by atoms with Crippen LogP contribution in [0.3, 0.4) is 0 Å². The predicted molar refractivity (Wildman–Crippen MR) is 138 cm³/mol. The molecule has 0 aromatic heterocycles. The highest BCUT2D eigenvalue weighted by molar-refractivity contribution is 5.89. The normalized spacial score (nSPS) is 18.6. The third kappa shape index (κ3) is 7.12. The van der Waals surface area contributed by atoms with E-state index in [1.54, 1.807) is 6.07 Å². The number of aliphatic hydroxyl groups is 1. The van der Waals surface area contributed by atoms with Gasteiger partial charge in [-0.2, -0.15) is 26.3 Å². The van der Waals surface area contributed by atoms with Crippen molar-refractivity contribution in [1.82, 2.24) is 10.2 Å². The Hall–Kier alpha value is -2.90. The van der Waals surface area contributed by atoms with Crippen LogP contribution in [0.5, 0.6) is 0 Å². The van der Waals surface area contributed by atoms with Crippen molar-refractivity contribution in [3.05, 3.63) is 65.0 Å². The second-order valence-corrected chi connectivity index (χ2v) is 11.2. The molecule has 0 spiro atoms. The number of anilines is 1. The Kier molecular flexibility index (Phi) is 8.91. The second kappa shape index (κ2) is 11.8. The number of carbonyl (C=O) groups excluding carboxylic acids is 1. The van der Waals surface area contributed by atoms with Crippen LogP contribution in [0.25, 0.3) is 0 Å². The van der Waals surface area contributed by atoms with Gasteiger partial charge in [0, 0.05) is 24.2 Å². The number of hydrogen-bond acceptors (Lipinski definition) is 4. The van der Waals surface area contributed by atoms with Crippen molar-refractivity contribution in [3.8, 4) is 0 Å². The predicted octanol–water partition coefficient (Wildman–Crippen LogP) is 5.60. The zero-order chi connectivity index (χ0) is 30.1. The molecule has 1 aliphatic carbocycles. The summed E-state index contributed by atoms with van der Waals surface area (Å²) >= 11 is 0. The summed E-state index contributed by atoms with van der Waals surface area (Å²) in [6, 6.07) is 7.77. The summed E-state index contributed by atoms with van der Waals surface area (Å²) in [5.41, 5.74) is 0.820. The summed E-state index contributed by atoms with van der Waals surface area (Å²) in [7, 11) is 0. The molecule has 2 amide bonds.